The van der Waals surface area contributed by atoms with Gasteiger partial charge in [0.25, 0.3) is 11.8 Å². The number of nitro groups is 1. The van der Waals surface area contributed by atoms with Gasteiger partial charge in [-0.3, -0.25) is 29.4 Å². The van der Waals surface area contributed by atoms with Crippen LogP contribution in [0.25, 0.3) is 0 Å². The van der Waals surface area contributed by atoms with Crippen LogP contribution in [0.15, 0.2) is 30.3 Å². The molecule has 3 rings (SSSR count). The molecule has 0 saturated heterocycles. The van der Waals surface area contributed by atoms with Gasteiger partial charge in [0.05, 0.1) is 22.7 Å². The zero-order valence-electron chi connectivity index (χ0n) is 14.5. The minimum atomic E-state index is -0.831. The van der Waals surface area contributed by atoms with Gasteiger partial charge in [-0.25, -0.2) is 4.79 Å². The number of anilines is 1. The molecule has 0 spiro atoms. The molecule has 10 nitrogen and oxygen atoms in total. The molecule has 0 saturated carbocycles. The minimum absolute atomic E-state index is 0.0465. The summed E-state index contributed by atoms with van der Waals surface area (Å²) in [6.45, 7) is 1.02. The summed E-state index contributed by atoms with van der Waals surface area (Å²) in [6.07, 6.45) is 0. The van der Waals surface area contributed by atoms with Crippen LogP contribution in [0.4, 0.5) is 10.0 Å². The number of amides is 3. The number of hydrogen-bond acceptors (Lipinski definition) is 8. The van der Waals surface area contributed by atoms with Crippen LogP contribution in [0.5, 0.6) is 0 Å². The predicted octanol–water partition coefficient (Wildman–Crippen LogP) is 2.07. The molecule has 0 bridgehead atoms. The number of imide groups is 1. The highest BCUT2D eigenvalue weighted by Crippen LogP contribution is 2.34. The summed E-state index contributed by atoms with van der Waals surface area (Å²) < 4.78 is 4.83. The Bertz CT molecular complexity index is 979. The number of carbonyl (C=O) groups excluding carboxylic acids is 4. The SMILES string of the molecule is CCOC(=O)c1cc([N+](=O)[O-])sc1NC(=O)CN1C(=O)c2ccccc2C1=O. The lowest BCUT2D eigenvalue weighted by Gasteiger charge is -2.13. The van der Waals surface area contributed by atoms with Crippen molar-refractivity contribution >= 4 is 45.0 Å². The topological polar surface area (TPSA) is 136 Å². The predicted molar refractivity (Wildman–Crippen MR) is 97.4 cm³/mol. The van der Waals surface area contributed by atoms with E-state index in [-0.39, 0.29) is 33.3 Å². The van der Waals surface area contributed by atoms with E-state index >= 15 is 0 Å². The molecular weight excluding hydrogens is 390 g/mol. The maximum atomic E-state index is 12.3. The summed E-state index contributed by atoms with van der Waals surface area (Å²) in [7, 11) is 0. The van der Waals surface area contributed by atoms with Crippen molar-refractivity contribution in [3.05, 3.63) is 57.1 Å². The number of benzene rings is 1. The van der Waals surface area contributed by atoms with E-state index in [9.17, 15) is 29.3 Å². The second-order valence-electron chi connectivity index (χ2n) is 5.60. The quantitative estimate of drug-likeness (QED) is 0.337. The maximum Gasteiger partial charge on any atom is 0.341 e. The highest BCUT2D eigenvalue weighted by Gasteiger charge is 2.36. The Morgan fingerprint density at radius 3 is 2.36 bits per heavy atom. The average Bonchev–Trinajstić information content (AvgIpc) is 3.18. The third kappa shape index (κ3) is 3.47. The molecule has 0 unspecified atom stereocenters. The standard InChI is InChI=1S/C17H13N3O7S/c1-2-27-17(24)11-7-13(20(25)26)28-14(11)18-12(21)8-19-15(22)9-5-3-4-6-10(9)16(19)23/h3-7H,2,8H2,1H3,(H,18,21). The molecular formula is C17H13N3O7S. The Kier molecular flexibility index (Phi) is 5.18. The Morgan fingerprint density at radius 1 is 1.21 bits per heavy atom. The lowest BCUT2D eigenvalue weighted by molar-refractivity contribution is -0.380. The summed E-state index contributed by atoms with van der Waals surface area (Å²) in [4.78, 5) is 60.0. The number of esters is 1. The molecule has 1 aliphatic heterocycles. The summed E-state index contributed by atoms with van der Waals surface area (Å²) in [6, 6.07) is 7.16. The lowest BCUT2D eigenvalue weighted by Crippen LogP contribution is -2.37. The minimum Gasteiger partial charge on any atom is -0.462 e. The van der Waals surface area contributed by atoms with Crippen molar-refractivity contribution in [2.24, 2.45) is 0 Å². The van der Waals surface area contributed by atoms with Gasteiger partial charge in [0.1, 0.15) is 17.1 Å². The number of fused-ring (bicyclic) bond motifs is 1. The Balaban J connectivity index is 1.79. The smallest absolute Gasteiger partial charge is 0.341 e. The van der Waals surface area contributed by atoms with Crippen LogP contribution in [0.3, 0.4) is 0 Å². The second kappa shape index (κ2) is 7.56. The van der Waals surface area contributed by atoms with E-state index in [1.54, 1.807) is 19.1 Å². The first kappa shape index (κ1) is 19.2. The van der Waals surface area contributed by atoms with Gasteiger partial charge in [0.2, 0.25) is 5.91 Å². The first-order chi connectivity index (χ1) is 13.3. The number of nitrogens with one attached hydrogen (secondary N) is 1. The van der Waals surface area contributed by atoms with Crippen molar-refractivity contribution in [1.29, 1.82) is 0 Å². The zero-order chi connectivity index (χ0) is 20.4. The van der Waals surface area contributed by atoms with Gasteiger partial charge in [-0.15, -0.1) is 0 Å². The van der Waals surface area contributed by atoms with Crippen molar-refractivity contribution in [1.82, 2.24) is 4.90 Å². The lowest BCUT2D eigenvalue weighted by atomic mass is 10.1. The van der Waals surface area contributed by atoms with Gasteiger partial charge >= 0.3 is 11.0 Å². The molecule has 3 amide bonds. The van der Waals surface area contributed by atoms with Gasteiger partial charge in [0.15, 0.2) is 0 Å². The largest absolute Gasteiger partial charge is 0.462 e. The van der Waals surface area contributed by atoms with E-state index in [1.807, 2.05) is 0 Å². The number of carbonyl (C=O) groups is 4. The van der Waals surface area contributed by atoms with Gasteiger partial charge in [-0.1, -0.05) is 12.1 Å². The van der Waals surface area contributed by atoms with Gasteiger partial charge in [-0.05, 0) is 30.4 Å². The molecule has 1 aromatic carbocycles. The molecule has 1 aliphatic rings. The van der Waals surface area contributed by atoms with Crippen LogP contribution >= 0.6 is 11.3 Å². The van der Waals surface area contributed by atoms with E-state index < -0.39 is 35.2 Å². The Morgan fingerprint density at radius 2 is 1.82 bits per heavy atom. The molecule has 0 aliphatic carbocycles. The first-order valence-electron chi connectivity index (χ1n) is 8.04. The maximum absolute atomic E-state index is 12.3. The number of rotatable bonds is 6. The van der Waals surface area contributed by atoms with Crippen LogP contribution in [-0.4, -0.2) is 46.7 Å². The van der Waals surface area contributed by atoms with Crippen LogP contribution in [0.1, 0.15) is 38.0 Å². The first-order valence-corrected chi connectivity index (χ1v) is 8.85. The fourth-order valence-corrected chi connectivity index (χ4v) is 3.49. The molecule has 144 valence electrons. The van der Waals surface area contributed by atoms with Gasteiger partial charge in [0, 0.05) is 6.07 Å². The fourth-order valence-electron chi connectivity index (χ4n) is 2.61. The monoisotopic (exact) mass is 403 g/mol. The van der Waals surface area contributed by atoms with Crippen molar-refractivity contribution in [3.63, 3.8) is 0 Å². The van der Waals surface area contributed by atoms with Gasteiger partial charge in [-0.2, -0.15) is 0 Å². The summed E-state index contributed by atoms with van der Waals surface area (Å²) in [5.41, 5.74) is 0.216. The second-order valence-corrected chi connectivity index (χ2v) is 6.63. The Labute approximate surface area is 161 Å². The average molecular weight is 403 g/mol. The zero-order valence-corrected chi connectivity index (χ0v) is 15.3. The number of ether oxygens (including phenoxy) is 1. The van der Waals surface area contributed by atoms with E-state index in [0.29, 0.717) is 11.3 Å². The number of thiophene rings is 1. The Hall–Kier alpha value is -3.60. The van der Waals surface area contributed by atoms with Crippen molar-refractivity contribution in [2.75, 3.05) is 18.5 Å². The van der Waals surface area contributed by atoms with Crippen LogP contribution < -0.4 is 5.32 Å². The highest BCUT2D eigenvalue weighted by atomic mass is 32.1. The van der Waals surface area contributed by atoms with E-state index in [1.165, 1.54) is 12.1 Å². The molecule has 2 aromatic rings. The normalized spacial score (nSPS) is 12.7. The van der Waals surface area contributed by atoms with E-state index in [0.717, 1.165) is 11.0 Å². The van der Waals surface area contributed by atoms with Crippen molar-refractivity contribution in [2.45, 2.75) is 6.92 Å². The number of hydrogen-bond donors (Lipinski definition) is 1. The van der Waals surface area contributed by atoms with Crippen molar-refractivity contribution in [3.8, 4) is 0 Å². The molecule has 28 heavy (non-hydrogen) atoms. The molecule has 11 heteroatoms. The molecule has 1 aromatic heterocycles. The highest BCUT2D eigenvalue weighted by molar-refractivity contribution is 7.19. The van der Waals surface area contributed by atoms with Crippen LogP contribution in [-0.2, 0) is 9.53 Å². The summed E-state index contributed by atoms with van der Waals surface area (Å²) in [5, 5.41) is 12.9. The van der Waals surface area contributed by atoms with E-state index in [4.69, 9.17) is 4.74 Å². The van der Waals surface area contributed by atoms with Crippen LogP contribution in [0.2, 0.25) is 0 Å². The molecule has 0 radical (unpaired) electrons. The third-order valence-corrected chi connectivity index (χ3v) is 4.83. The fraction of sp³-hybridized carbons (Fsp3) is 0.176. The third-order valence-electron chi connectivity index (χ3n) is 3.83. The molecule has 0 atom stereocenters. The molecule has 0 fully saturated rings. The summed E-state index contributed by atoms with van der Waals surface area (Å²) >= 11 is 0.577. The number of nitrogens with zero attached hydrogens (tertiary/aromatic N) is 2. The van der Waals surface area contributed by atoms with E-state index in [2.05, 4.69) is 5.32 Å². The molecule has 2 heterocycles. The van der Waals surface area contributed by atoms with Crippen molar-refractivity contribution < 1.29 is 28.8 Å². The summed E-state index contributed by atoms with van der Waals surface area (Å²) in [5.74, 6) is -2.84. The molecule has 1 N–H and O–H groups in total. The van der Waals surface area contributed by atoms with Gasteiger partial charge < -0.3 is 10.1 Å². The van der Waals surface area contributed by atoms with Crippen LogP contribution in [0, 0.1) is 10.1 Å².